The Balaban J connectivity index is 1.57. The standard InChI is InChI=1S/C21H28N4O3S/c1-4-25(15(2)3)19-11-5-16(6-12-19)21(26)23-22-17-9-13-20(14-10-17)29(27,28)24-18-7-8-18/h5-6,9-15,18,22,24H,4,7-8H2,1-3H3,(H,23,26). The lowest BCUT2D eigenvalue weighted by Crippen LogP contribution is -2.31. The Morgan fingerprint density at radius 3 is 2.21 bits per heavy atom. The van der Waals surface area contributed by atoms with Gasteiger partial charge in [0.1, 0.15) is 0 Å². The van der Waals surface area contributed by atoms with Gasteiger partial charge in [0.15, 0.2) is 0 Å². The Morgan fingerprint density at radius 1 is 1.07 bits per heavy atom. The van der Waals surface area contributed by atoms with E-state index in [0.29, 0.717) is 17.3 Å². The van der Waals surface area contributed by atoms with Crippen LogP contribution in [0.15, 0.2) is 53.4 Å². The third kappa shape index (κ3) is 5.48. The second-order valence-corrected chi connectivity index (χ2v) is 9.14. The third-order valence-corrected chi connectivity index (χ3v) is 6.35. The van der Waals surface area contributed by atoms with Gasteiger partial charge >= 0.3 is 0 Å². The number of rotatable bonds is 9. The summed E-state index contributed by atoms with van der Waals surface area (Å²) in [6.07, 6.45) is 1.78. The molecule has 1 aliphatic rings. The molecule has 0 heterocycles. The van der Waals surface area contributed by atoms with Gasteiger partial charge in [-0.3, -0.25) is 15.6 Å². The van der Waals surface area contributed by atoms with E-state index in [9.17, 15) is 13.2 Å². The number of nitrogens with zero attached hydrogens (tertiary/aromatic N) is 1. The molecule has 1 saturated carbocycles. The van der Waals surface area contributed by atoms with E-state index in [4.69, 9.17) is 0 Å². The lowest BCUT2D eigenvalue weighted by molar-refractivity contribution is 0.0962. The van der Waals surface area contributed by atoms with E-state index >= 15 is 0 Å². The number of hydrogen-bond donors (Lipinski definition) is 3. The third-order valence-electron chi connectivity index (χ3n) is 4.81. The monoisotopic (exact) mass is 416 g/mol. The molecule has 1 fully saturated rings. The van der Waals surface area contributed by atoms with E-state index in [-0.39, 0.29) is 16.8 Å². The van der Waals surface area contributed by atoms with Gasteiger partial charge < -0.3 is 4.90 Å². The van der Waals surface area contributed by atoms with E-state index in [2.05, 4.69) is 41.2 Å². The number of carbonyl (C=O) groups is 1. The second kappa shape index (κ2) is 8.84. The van der Waals surface area contributed by atoms with Crippen LogP contribution < -0.4 is 20.5 Å². The molecule has 1 aliphatic carbocycles. The fourth-order valence-corrected chi connectivity index (χ4v) is 4.36. The zero-order chi connectivity index (χ0) is 21.0. The van der Waals surface area contributed by atoms with Gasteiger partial charge in [-0.05, 0) is 82.1 Å². The zero-order valence-electron chi connectivity index (χ0n) is 17.0. The fraction of sp³-hybridized carbons (Fsp3) is 0.381. The first-order chi connectivity index (χ1) is 13.8. The van der Waals surface area contributed by atoms with Crippen molar-refractivity contribution in [3.8, 4) is 0 Å². The highest BCUT2D eigenvalue weighted by Crippen LogP contribution is 2.23. The minimum absolute atomic E-state index is 0.0634. The molecular weight excluding hydrogens is 388 g/mol. The number of hydrazine groups is 1. The van der Waals surface area contributed by atoms with Crippen molar-refractivity contribution in [1.82, 2.24) is 10.1 Å². The molecule has 1 amide bonds. The Kier molecular flexibility index (Phi) is 6.44. The first-order valence-corrected chi connectivity index (χ1v) is 11.3. The van der Waals surface area contributed by atoms with Crippen LogP contribution in [-0.2, 0) is 10.0 Å². The smallest absolute Gasteiger partial charge is 0.269 e. The molecular formula is C21H28N4O3S. The number of sulfonamides is 1. The molecule has 29 heavy (non-hydrogen) atoms. The molecule has 0 radical (unpaired) electrons. The molecule has 2 aromatic rings. The van der Waals surface area contributed by atoms with Gasteiger partial charge in [0.05, 0.1) is 10.6 Å². The molecule has 7 nitrogen and oxygen atoms in total. The maximum Gasteiger partial charge on any atom is 0.269 e. The fourth-order valence-electron chi connectivity index (χ4n) is 3.06. The molecule has 0 aliphatic heterocycles. The van der Waals surface area contributed by atoms with Crippen LogP contribution in [0.1, 0.15) is 44.0 Å². The van der Waals surface area contributed by atoms with Crippen molar-refractivity contribution < 1.29 is 13.2 Å². The average molecular weight is 417 g/mol. The van der Waals surface area contributed by atoms with Crippen molar-refractivity contribution in [1.29, 1.82) is 0 Å². The predicted octanol–water partition coefficient (Wildman–Crippen LogP) is 3.12. The SMILES string of the molecule is CCN(c1ccc(C(=O)NNc2ccc(S(=O)(=O)NC3CC3)cc2)cc1)C(C)C. The molecule has 0 saturated heterocycles. The Hall–Kier alpha value is -2.58. The summed E-state index contributed by atoms with van der Waals surface area (Å²) < 4.78 is 27.0. The quantitative estimate of drug-likeness (QED) is 0.547. The van der Waals surface area contributed by atoms with Gasteiger partial charge in [0.25, 0.3) is 5.91 Å². The van der Waals surface area contributed by atoms with Crippen LogP contribution in [0.5, 0.6) is 0 Å². The van der Waals surface area contributed by atoms with Crippen LogP contribution in [0.25, 0.3) is 0 Å². The van der Waals surface area contributed by atoms with E-state index in [1.54, 1.807) is 24.3 Å². The summed E-state index contributed by atoms with van der Waals surface area (Å²) in [5.74, 6) is -0.267. The lowest BCUT2D eigenvalue weighted by Gasteiger charge is -2.27. The minimum atomic E-state index is -3.48. The molecule has 0 unspecified atom stereocenters. The van der Waals surface area contributed by atoms with Gasteiger partial charge in [-0.1, -0.05) is 0 Å². The highest BCUT2D eigenvalue weighted by atomic mass is 32.2. The number of hydrogen-bond acceptors (Lipinski definition) is 5. The molecule has 3 rings (SSSR count). The van der Waals surface area contributed by atoms with Crippen LogP contribution >= 0.6 is 0 Å². The lowest BCUT2D eigenvalue weighted by atomic mass is 10.1. The molecule has 0 bridgehead atoms. The van der Waals surface area contributed by atoms with Crippen molar-refractivity contribution in [2.75, 3.05) is 16.9 Å². The van der Waals surface area contributed by atoms with Crippen molar-refractivity contribution in [2.24, 2.45) is 0 Å². The summed E-state index contributed by atoms with van der Waals surface area (Å²) in [6, 6.07) is 14.2. The van der Waals surface area contributed by atoms with E-state index in [1.165, 1.54) is 12.1 Å². The number of carbonyl (C=O) groups excluding carboxylic acids is 1. The highest BCUT2D eigenvalue weighted by Gasteiger charge is 2.27. The van der Waals surface area contributed by atoms with Gasteiger partial charge in [0.2, 0.25) is 10.0 Å². The second-order valence-electron chi connectivity index (χ2n) is 7.43. The van der Waals surface area contributed by atoms with Crippen molar-refractivity contribution in [3.63, 3.8) is 0 Å². The van der Waals surface area contributed by atoms with Crippen LogP contribution in [-0.4, -0.2) is 33.0 Å². The number of amides is 1. The molecule has 8 heteroatoms. The highest BCUT2D eigenvalue weighted by molar-refractivity contribution is 7.89. The van der Waals surface area contributed by atoms with E-state index in [0.717, 1.165) is 25.1 Å². The number of benzene rings is 2. The Morgan fingerprint density at radius 2 is 1.69 bits per heavy atom. The molecule has 2 aromatic carbocycles. The number of anilines is 2. The van der Waals surface area contributed by atoms with Crippen molar-refractivity contribution >= 4 is 27.3 Å². The molecule has 3 N–H and O–H groups in total. The predicted molar refractivity (Wildman–Crippen MR) is 115 cm³/mol. The van der Waals surface area contributed by atoms with Crippen LogP contribution in [0.2, 0.25) is 0 Å². The maximum absolute atomic E-state index is 12.4. The van der Waals surface area contributed by atoms with Gasteiger partial charge in [-0.2, -0.15) is 0 Å². The van der Waals surface area contributed by atoms with Gasteiger partial charge in [-0.25, -0.2) is 13.1 Å². The first-order valence-electron chi connectivity index (χ1n) is 9.85. The Bertz CT molecular complexity index is 937. The molecule has 0 aromatic heterocycles. The molecule has 0 atom stereocenters. The summed E-state index contributed by atoms with van der Waals surface area (Å²) in [6.45, 7) is 7.26. The maximum atomic E-state index is 12.4. The molecule has 156 valence electrons. The van der Waals surface area contributed by atoms with Crippen molar-refractivity contribution in [3.05, 3.63) is 54.1 Å². The van der Waals surface area contributed by atoms with Gasteiger partial charge in [0, 0.05) is 29.9 Å². The summed E-state index contributed by atoms with van der Waals surface area (Å²) in [4.78, 5) is 14.8. The van der Waals surface area contributed by atoms with Crippen LogP contribution in [0.3, 0.4) is 0 Å². The van der Waals surface area contributed by atoms with Gasteiger partial charge in [-0.15, -0.1) is 0 Å². The normalized spacial score (nSPS) is 13.9. The number of nitrogens with one attached hydrogen (secondary N) is 3. The molecule has 0 spiro atoms. The van der Waals surface area contributed by atoms with Crippen molar-refractivity contribution in [2.45, 2.75) is 50.6 Å². The summed E-state index contributed by atoms with van der Waals surface area (Å²) in [5.41, 5.74) is 7.65. The topological polar surface area (TPSA) is 90.5 Å². The summed E-state index contributed by atoms with van der Waals surface area (Å²) in [5, 5.41) is 0. The summed E-state index contributed by atoms with van der Waals surface area (Å²) >= 11 is 0. The first kappa shape index (κ1) is 21.1. The van der Waals surface area contributed by atoms with Crippen LogP contribution in [0, 0.1) is 0 Å². The largest absolute Gasteiger partial charge is 0.369 e. The minimum Gasteiger partial charge on any atom is -0.369 e. The van der Waals surface area contributed by atoms with E-state index in [1.807, 2.05) is 12.1 Å². The summed E-state index contributed by atoms with van der Waals surface area (Å²) in [7, 11) is -3.48. The van der Waals surface area contributed by atoms with E-state index < -0.39 is 10.0 Å². The van der Waals surface area contributed by atoms with Crippen LogP contribution in [0.4, 0.5) is 11.4 Å². The average Bonchev–Trinajstić information content (AvgIpc) is 3.50. The zero-order valence-corrected chi connectivity index (χ0v) is 17.8. The Labute approximate surface area is 172 Å².